The van der Waals surface area contributed by atoms with Crippen LogP contribution in [0.25, 0.3) is 99.5 Å². The molecule has 0 atom stereocenters. The fraction of sp³-hybridized carbons (Fsp3) is 0.120. The Kier molecular flexibility index (Phi) is 10.0. The molecule has 0 fully saturated rings. The lowest BCUT2D eigenvalue weighted by atomic mass is 9.68. The topological polar surface area (TPSA) is 29.5 Å². The van der Waals surface area contributed by atoms with Gasteiger partial charge in [0, 0.05) is 49.6 Å². The Hall–Kier alpha value is -9.18. The number of para-hydroxylation sites is 5. The minimum Gasteiger partial charge on any atom is -0.455 e. The first-order valence-electron chi connectivity index (χ1n) is 27.4. The van der Waals surface area contributed by atoms with Gasteiger partial charge in [-0.3, -0.25) is 0 Å². The summed E-state index contributed by atoms with van der Waals surface area (Å²) in [6.07, 6.45) is 0. The van der Waals surface area contributed by atoms with E-state index in [2.05, 4.69) is 271 Å². The number of hydrogen-bond acceptors (Lipinski definition) is 3. The van der Waals surface area contributed by atoms with Crippen LogP contribution in [0.5, 0.6) is 0 Å². The van der Waals surface area contributed by atoms with Crippen LogP contribution in [0.2, 0.25) is 0 Å². The first-order chi connectivity index (χ1) is 37.9. The number of anilines is 3. The lowest BCUT2D eigenvalue weighted by Gasteiger charge is -2.34. The molecule has 2 aliphatic rings. The third-order valence-corrected chi connectivity index (χ3v) is 17.0. The molecule has 374 valence electrons. The Morgan fingerprint density at radius 1 is 0.321 bits per heavy atom. The van der Waals surface area contributed by atoms with E-state index in [1.165, 1.54) is 61.2 Å². The Morgan fingerprint density at radius 2 is 0.718 bits per heavy atom. The standard InChI is InChI=1S/C75H57NO2/c1-73(2,3)48-36-42-65-62(44-48)63-45-49(74(4,5)6)37-43-66(63)75(65)64-28-11-7-18-54(64)58-24-17-25-59(70(58)75)55-19-8-12-29-67(55)76(50-38-32-46(33-39-50)52-22-15-26-60-56-20-9-13-30-68(56)77-71(52)60)51-40-34-47(35-41-51)53-23-16-27-61-57-21-10-14-31-69(57)78-72(53)61/h7-45H,1-6H3. The van der Waals surface area contributed by atoms with Crippen molar-refractivity contribution < 1.29 is 8.83 Å². The van der Waals surface area contributed by atoms with Gasteiger partial charge in [-0.15, -0.1) is 0 Å². The molecule has 2 aliphatic carbocycles. The second kappa shape index (κ2) is 16.9. The smallest absolute Gasteiger partial charge is 0.143 e. The minimum atomic E-state index is -0.573. The van der Waals surface area contributed by atoms with Crippen molar-refractivity contribution >= 4 is 60.9 Å². The SMILES string of the molecule is CC(C)(C)c1ccc2c(c1)-c1cc(C(C)(C)C)ccc1C21c2ccccc2-c2cccc(-c3ccccc3N(c3ccc(-c4cccc5c4oc4ccccc45)cc3)c3ccc(-c4cccc5c4oc4ccccc45)cc3)c21. The Balaban J connectivity index is 0.946. The normalized spacial score (nSPS) is 13.4. The maximum Gasteiger partial charge on any atom is 0.143 e. The van der Waals surface area contributed by atoms with Crippen LogP contribution in [0.1, 0.15) is 74.9 Å². The number of nitrogens with zero attached hydrogens (tertiary/aromatic N) is 1. The maximum absolute atomic E-state index is 6.58. The lowest BCUT2D eigenvalue weighted by Crippen LogP contribution is -2.27. The van der Waals surface area contributed by atoms with Crippen LogP contribution in [0.3, 0.4) is 0 Å². The second-order valence-electron chi connectivity index (χ2n) is 23.6. The van der Waals surface area contributed by atoms with E-state index in [1.54, 1.807) is 0 Å². The number of benzene rings is 11. The molecule has 0 N–H and O–H groups in total. The van der Waals surface area contributed by atoms with Gasteiger partial charge in [0.15, 0.2) is 0 Å². The summed E-state index contributed by atoms with van der Waals surface area (Å²) in [6.45, 7) is 14.0. The molecule has 11 aromatic carbocycles. The highest BCUT2D eigenvalue weighted by molar-refractivity contribution is 6.11. The number of fused-ring (bicyclic) bond motifs is 16. The van der Waals surface area contributed by atoms with Crippen LogP contribution < -0.4 is 4.90 Å². The summed E-state index contributed by atoms with van der Waals surface area (Å²) in [5.41, 5.74) is 26.1. The molecule has 3 nitrogen and oxygen atoms in total. The molecule has 0 aliphatic heterocycles. The van der Waals surface area contributed by atoms with Crippen LogP contribution in [-0.2, 0) is 16.2 Å². The molecule has 0 saturated heterocycles. The van der Waals surface area contributed by atoms with Gasteiger partial charge in [-0.25, -0.2) is 0 Å². The van der Waals surface area contributed by atoms with E-state index in [1.807, 2.05) is 12.1 Å². The molecule has 1 spiro atoms. The highest BCUT2D eigenvalue weighted by Crippen LogP contribution is 2.65. The molecule has 0 bridgehead atoms. The summed E-state index contributed by atoms with van der Waals surface area (Å²) in [4.78, 5) is 2.45. The predicted octanol–water partition coefficient (Wildman–Crippen LogP) is 20.9. The molecule has 0 radical (unpaired) electrons. The minimum absolute atomic E-state index is 0.0242. The highest BCUT2D eigenvalue weighted by atomic mass is 16.3. The predicted molar refractivity (Wildman–Crippen MR) is 326 cm³/mol. The second-order valence-corrected chi connectivity index (χ2v) is 23.6. The van der Waals surface area contributed by atoms with E-state index < -0.39 is 5.41 Å². The van der Waals surface area contributed by atoms with Crippen molar-refractivity contribution in [2.24, 2.45) is 0 Å². The van der Waals surface area contributed by atoms with Crippen molar-refractivity contribution in [3.8, 4) is 55.6 Å². The van der Waals surface area contributed by atoms with E-state index in [0.29, 0.717) is 0 Å². The Bertz CT molecular complexity index is 4350. The first-order valence-corrected chi connectivity index (χ1v) is 27.4. The zero-order valence-corrected chi connectivity index (χ0v) is 44.8. The van der Waals surface area contributed by atoms with E-state index in [-0.39, 0.29) is 10.8 Å². The van der Waals surface area contributed by atoms with Gasteiger partial charge in [0.05, 0.1) is 11.1 Å². The fourth-order valence-electron chi connectivity index (χ4n) is 13.3. The van der Waals surface area contributed by atoms with Gasteiger partial charge in [0.25, 0.3) is 0 Å². The van der Waals surface area contributed by atoms with Gasteiger partial charge >= 0.3 is 0 Å². The molecule has 78 heavy (non-hydrogen) atoms. The van der Waals surface area contributed by atoms with E-state index >= 15 is 0 Å². The summed E-state index contributed by atoms with van der Waals surface area (Å²) in [5.74, 6) is 0. The average molecular weight is 1000 g/mol. The molecule has 0 unspecified atom stereocenters. The maximum atomic E-state index is 6.58. The molecule has 15 rings (SSSR count). The average Bonchev–Trinajstić information content (AvgIpc) is 3.96. The molecule has 3 heteroatoms. The van der Waals surface area contributed by atoms with Gasteiger partial charge in [-0.05, 0) is 126 Å². The fourth-order valence-corrected chi connectivity index (χ4v) is 13.3. The van der Waals surface area contributed by atoms with Crippen molar-refractivity contribution in [1.82, 2.24) is 0 Å². The summed E-state index contributed by atoms with van der Waals surface area (Å²) < 4.78 is 13.2. The van der Waals surface area contributed by atoms with Crippen LogP contribution in [0.15, 0.2) is 245 Å². The van der Waals surface area contributed by atoms with Gasteiger partial charge in [0.2, 0.25) is 0 Å². The highest BCUT2D eigenvalue weighted by Gasteiger charge is 2.53. The number of furan rings is 2. The molecule has 2 heterocycles. The largest absolute Gasteiger partial charge is 0.455 e. The zero-order valence-electron chi connectivity index (χ0n) is 44.8. The summed E-state index contributed by atoms with van der Waals surface area (Å²) >= 11 is 0. The van der Waals surface area contributed by atoms with Gasteiger partial charge in [-0.2, -0.15) is 0 Å². The van der Waals surface area contributed by atoms with Gasteiger partial charge < -0.3 is 13.7 Å². The van der Waals surface area contributed by atoms with Crippen molar-refractivity contribution in [2.75, 3.05) is 4.90 Å². The van der Waals surface area contributed by atoms with Gasteiger partial charge in [-0.1, -0.05) is 236 Å². The molecule has 0 saturated carbocycles. The van der Waals surface area contributed by atoms with E-state index in [4.69, 9.17) is 8.83 Å². The van der Waals surface area contributed by atoms with Crippen LogP contribution in [-0.4, -0.2) is 0 Å². The first kappa shape index (κ1) is 46.1. The third kappa shape index (κ3) is 6.77. The van der Waals surface area contributed by atoms with Crippen molar-refractivity contribution in [2.45, 2.75) is 57.8 Å². The molecular weight excluding hydrogens is 947 g/mol. The van der Waals surface area contributed by atoms with Crippen molar-refractivity contribution in [3.63, 3.8) is 0 Å². The molecule has 2 aromatic heterocycles. The molecule has 13 aromatic rings. The van der Waals surface area contributed by atoms with E-state index in [9.17, 15) is 0 Å². The van der Waals surface area contributed by atoms with E-state index in [0.717, 1.165) is 88.8 Å². The molecule has 0 amide bonds. The van der Waals surface area contributed by atoms with Crippen LogP contribution in [0.4, 0.5) is 17.1 Å². The van der Waals surface area contributed by atoms with Gasteiger partial charge in [0.1, 0.15) is 22.3 Å². The quantitative estimate of drug-likeness (QED) is 0.166. The zero-order chi connectivity index (χ0) is 52.7. The molecular formula is C75H57NO2. The Morgan fingerprint density at radius 3 is 1.24 bits per heavy atom. The van der Waals surface area contributed by atoms with Crippen LogP contribution >= 0.6 is 0 Å². The summed E-state index contributed by atoms with van der Waals surface area (Å²) in [5, 5.41) is 4.49. The number of hydrogen-bond donors (Lipinski definition) is 0. The number of rotatable bonds is 6. The van der Waals surface area contributed by atoms with Crippen molar-refractivity contribution in [3.05, 3.63) is 270 Å². The van der Waals surface area contributed by atoms with Crippen molar-refractivity contribution in [1.29, 1.82) is 0 Å². The Labute approximate surface area is 455 Å². The summed E-state index contributed by atoms with van der Waals surface area (Å²) in [7, 11) is 0. The lowest BCUT2D eigenvalue weighted by molar-refractivity contribution is 0.589. The van der Waals surface area contributed by atoms with Crippen LogP contribution in [0, 0.1) is 0 Å². The third-order valence-electron chi connectivity index (χ3n) is 17.0. The monoisotopic (exact) mass is 1000 g/mol. The summed E-state index contributed by atoms with van der Waals surface area (Å²) in [6, 6.07) is 87.6.